The van der Waals surface area contributed by atoms with E-state index in [9.17, 15) is 4.79 Å². The van der Waals surface area contributed by atoms with Crippen LogP contribution in [0.15, 0.2) is 36.4 Å². The first-order chi connectivity index (χ1) is 12.9. The topological polar surface area (TPSA) is 56.8 Å². The van der Waals surface area contributed by atoms with Crippen molar-refractivity contribution in [3.8, 4) is 17.2 Å². The van der Waals surface area contributed by atoms with Crippen LogP contribution >= 0.6 is 0 Å². The van der Waals surface area contributed by atoms with Gasteiger partial charge < -0.3 is 19.5 Å². The molecular formula is C22H29NO4. The average molecular weight is 371 g/mol. The Morgan fingerprint density at radius 3 is 1.81 bits per heavy atom. The number of rotatable bonds is 8. The van der Waals surface area contributed by atoms with Gasteiger partial charge in [0.15, 0.2) is 18.1 Å². The van der Waals surface area contributed by atoms with Gasteiger partial charge in [0.25, 0.3) is 5.91 Å². The number of hydrogen-bond acceptors (Lipinski definition) is 4. The lowest BCUT2D eigenvalue weighted by molar-refractivity contribution is -0.118. The molecular weight excluding hydrogens is 342 g/mol. The average Bonchev–Trinajstić information content (AvgIpc) is 2.65. The predicted octanol–water partition coefficient (Wildman–Crippen LogP) is 4.97. The van der Waals surface area contributed by atoms with Crippen LogP contribution in [0.5, 0.6) is 17.2 Å². The number of amides is 1. The highest BCUT2D eigenvalue weighted by molar-refractivity contribution is 5.93. The molecule has 0 saturated heterocycles. The summed E-state index contributed by atoms with van der Waals surface area (Å²) in [5.41, 5.74) is 3.11. The Balaban J connectivity index is 2.20. The zero-order valence-corrected chi connectivity index (χ0v) is 17.0. The number of carbonyl (C=O) groups excluding carboxylic acids is 1. The second kappa shape index (κ2) is 9.31. The van der Waals surface area contributed by atoms with Gasteiger partial charge in [0.05, 0.1) is 14.2 Å². The molecule has 2 aromatic rings. The third-order valence-electron chi connectivity index (χ3n) is 4.37. The summed E-state index contributed by atoms with van der Waals surface area (Å²) in [5.74, 6) is 1.83. The number of nitrogens with one attached hydrogen (secondary N) is 1. The molecule has 2 rings (SSSR count). The van der Waals surface area contributed by atoms with E-state index in [4.69, 9.17) is 14.2 Å². The van der Waals surface area contributed by atoms with E-state index in [0.29, 0.717) is 29.1 Å². The van der Waals surface area contributed by atoms with E-state index in [-0.39, 0.29) is 12.5 Å². The van der Waals surface area contributed by atoms with Gasteiger partial charge in [-0.1, -0.05) is 52.0 Å². The van der Waals surface area contributed by atoms with Gasteiger partial charge >= 0.3 is 0 Å². The number of carbonyl (C=O) groups is 1. The Kier molecular flexibility index (Phi) is 7.11. The molecule has 5 nitrogen and oxygen atoms in total. The van der Waals surface area contributed by atoms with E-state index in [1.807, 2.05) is 6.07 Å². The van der Waals surface area contributed by atoms with E-state index in [1.165, 1.54) is 0 Å². The fourth-order valence-electron chi connectivity index (χ4n) is 2.97. The molecule has 5 heteroatoms. The van der Waals surface area contributed by atoms with Gasteiger partial charge in [0, 0.05) is 5.69 Å². The molecule has 2 aromatic carbocycles. The van der Waals surface area contributed by atoms with Crippen molar-refractivity contribution in [2.75, 3.05) is 26.1 Å². The maximum absolute atomic E-state index is 12.6. The van der Waals surface area contributed by atoms with Crippen LogP contribution in [-0.4, -0.2) is 26.7 Å². The van der Waals surface area contributed by atoms with Crippen molar-refractivity contribution in [2.24, 2.45) is 0 Å². The summed E-state index contributed by atoms with van der Waals surface area (Å²) < 4.78 is 16.3. The summed E-state index contributed by atoms with van der Waals surface area (Å²) in [6, 6.07) is 11.5. The van der Waals surface area contributed by atoms with Gasteiger partial charge in [-0.2, -0.15) is 0 Å². The van der Waals surface area contributed by atoms with Crippen LogP contribution in [-0.2, 0) is 4.79 Å². The van der Waals surface area contributed by atoms with Crippen LogP contribution in [0, 0.1) is 0 Å². The molecule has 0 unspecified atom stereocenters. The van der Waals surface area contributed by atoms with Crippen LogP contribution in [0.1, 0.15) is 50.7 Å². The first-order valence-corrected chi connectivity index (χ1v) is 9.15. The molecule has 0 aliphatic heterocycles. The van der Waals surface area contributed by atoms with Crippen LogP contribution in [0.25, 0.3) is 0 Å². The lowest BCUT2D eigenvalue weighted by Crippen LogP contribution is -2.22. The fraction of sp³-hybridized carbons (Fsp3) is 0.409. The summed E-state index contributed by atoms with van der Waals surface area (Å²) >= 11 is 0. The standard InChI is InChI=1S/C22H29NO4/c1-14(2)16-9-7-10-17(15(3)4)21(16)23-20(24)13-27-22-18(25-5)11-8-12-19(22)26-6/h7-12,14-15H,13H2,1-6H3,(H,23,24). The van der Waals surface area contributed by atoms with Crippen LogP contribution in [0.4, 0.5) is 5.69 Å². The highest BCUT2D eigenvalue weighted by Gasteiger charge is 2.18. The highest BCUT2D eigenvalue weighted by Crippen LogP contribution is 2.37. The molecule has 0 atom stereocenters. The molecule has 27 heavy (non-hydrogen) atoms. The molecule has 0 aliphatic carbocycles. The lowest BCUT2D eigenvalue weighted by Gasteiger charge is -2.20. The van der Waals surface area contributed by atoms with Gasteiger partial charge in [-0.05, 0) is 35.1 Å². The van der Waals surface area contributed by atoms with Gasteiger partial charge in [-0.25, -0.2) is 0 Å². The third-order valence-corrected chi connectivity index (χ3v) is 4.37. The summed E-state index contributed by atoms with van der Waals surface area (Å²) in [6.45, 7) is 8.33. The Hall–Kier alpha value is -2.69. The minimum absolute atomic E-state index is 0.138. The summed E-state index contributed by atoms with van der Waals surface area (Å²) in [4.78, 5) is 12.6. The van der Waals surface area contributed by atoms with Crippen molar-refractivity contribution in [2.45, 2.75) is 39.5 Å². The lowest BCUT2D eigenvalue weighted by atomic mass is 9.92. The van der Waals surface area contributed by atoms with E-state index >= 15 is 0 Å². The number of ether oxygens (including phenoxy) is 3. The quantitative estimate of drug-likeness (QED) is 0.712. The maximum atomic E-state index is 12.6. The van der Waals surface area contributed by atoms with Crippen molar-refractivity contribution in [3.05, 3.63) is 47.5 Å². The Morgan fingerprint density at radius 2 is 1.37 bits per heavy atom. The van der Waals surface area contributed by atoms with Gasteiger partial charge in [0.2, 0.25) is 5.75 Å². The molecule has 0 saturated carbocycles. The molecule has 146 valence electrons. The van der Waals surface area contributed by atoms with E-state index in [2.05, 4.69) is 45.1 Å². The molecule has 0 radical (unpaired) electrons. The van der Waals surface area contributed by atoms with E-state index < -0.39 is 0 Å². The molecule has 0 heterocycles. The number of benzene rings is 2. The minimum atomic E-state index is -0.224. The van der Waals surface area contributed by atoms with Crippen LogP contribution in [0.3, 0.4) is 0 Å². The monoisotopic (exact) mass is 371 g/mol. The number of anilines is 1. The molecule has 0 aliphatic rings. The Morgan fingerprint density at radius 1 is 0.889 bits per heavy atom. The smallest absolute Gasteiger partial charge is 0.262 e. The van der Waals surface area contributed by atoms with Gasteiger partial charge in [-0.15, -0.1) is 0 Å². The largest absolute Gasteiger partial charge is 0.493 e. The molecule has 1 N–H and O–H groups in total. The van der Waals surface area contributed by atoms with Gasteiger partial charge in [-0.3, -0.25) is 4.79 Å². The van der Waals surface area contributed by atoms with E-state index in [1.54, 1.807) is 32.4 Å². The highest BCUT2D eigenvalue weighted by atomic mass is 16.5. The summed E-state index contributed by atoms with van der Waals surface area (Å²) in [5, 5.41) is 3.04. The second-order valence-corrected chi connectivity index (χ2v) is 6.95. The number of hydrogen-bond donors (Lipinski definition) is 1. The predicted molar refractivity (Wildman–Crippen MR) is 108 cm³/mol. The first kappa shape index (κ1) is 20.6. The zero-order valence-electron chi connectivity index (χ0n) is 17.0. The Labute approximate surface area is 161 Å². The number of methoxy groups -OCH3 is 2. The maximum Gasteiger partial charge on any atom is 0.262 e. The third kappa shape index (κ3) is 4.94. The molecule has 1 amide bonds. The molecule has 0 spiro atoms. The minimum Gasteiger partial charge on any atom is -0.493 e. The van der Waals surface area contributed by atoms with Gasteiger partial charge in [0.1, 0.15) is 0 Å². The van der Waals surface area contributed by atoms with Crippen molar-refractivity contribution in [3.63, 3.8) is 0 Å². The molecule has 0 fully saturated rings. The van der Waals surface area contributed by atoms with Crippen molar-refractivity contribution < 1.29 is 19.0 Å². The Bertz CT molecular complexity index is 735. The molecule has 0 bridgehead atoms. The van der Waals surface area contributed by atoms with Crippen molar-refractivity contribution in [1.82, 2.24) is 0 Å². The van der Waals surface area contributed by atoms with Crippen molar-refractivity contribution in [1.29, 1.82) is 0 Å². The fourth-order valence-corrected chi connectivity index (χ4v) is 2.97. The second-order valence-electron chi connectivity index (χ2n) is 6.95. The zero-order chi connectivity index (χ0) is 20.0. The molecule has 0 aromatic heterocycles. The van der Waals surface area contributed by atoms with Crippen molar-refractivity contribution >= 4 is 11.6 Å². The summed E-state index contributed by atoms with van der Waals surface area (Å²) in [7, 11) is 3.10. The number of para-hydroxylation sites is 2. The summed E-state index contributed by atoms with van der Waals surface area (Å²) in [6.07, 6.45) is 0. The van der Waals surface area contributed by atoms with Crippen LogP contribution < -0.4 is 19.5 Å². The first-order valence-electron chi connectivity index (χ1n) is 9.15. The van der Waals surface area contributed by atoms with Crippen LogP contribution in [0.2, 0.25) is 0 Å². The normalized spacial score (nSPS) is 10.8. The SMILES string of the molecule is COc1cccc(OC)c1OCC(=O)Nc1c(C(C)C)cccc1C(C)C. The van der Waals surface area contributed by atoms with E-state index in [0.717, 1.165) is 16.8 Å².